The molecule has 1 rings (SSSR count). The Balaban J connectivity index is 2.84. The average molecular weight is 279 g/mol. The van der Waals surface area contributed by atoms with E-state index in [-0.39, 0.29) is 5.03 Å². The first kappa shape index (κ1) is 13.2. The summed E-state index contributed by atoms with van der Waals surface area (Å²) in [6, 6.07) is 4.84. The maximum atomic E-state index is 10.5. The number of thioether (sulfide) groups is 1. The number of hydrogen-bond donors (Lipinski definition) is 1. The van der Waals surface area contributed by atoms with Crippen LogP contribution >= 0.6 is 35.0 Å². The number of rotatable bonds is 4. The highest BCUT2D eigenvalue weighted by Gasteiger charge is 2.07. The molecule has 0 aliphatic rings. The van der Waals surface area contributed by atoms with Crippen LogP contribution in [0.15, 0.2) is 29.4 Å². The number of benzene rings is 1. The number of anilines is 1. The molecule has 0 radical (unpaired) electrons. The van der Waals surface area contributed by atoms with Gasteiger partial charge in [-0.05, 0) is 24.5 Å². The van der Waals surface area contributed by atoms with Crippen LogP contribution in [0.1, 0.15) is 0 Å². The van der Waals surface area contributed by atoms with Gasteiger partial charge in [-0.1, -0.05) is 35.0 Å². The van der Waals surface area contributed by atoms with Gasteiger partial charge in [0, 0.05) is 15.7 Å². The standard InChI is InChI=1S/C9H8Cl2N2O2S/c1-16-9(13(14)15)5-12-8-3-6(10)2-7(11)4-8/h2-5,12H,1H3. The van der Waals surface area contributed by atoms with Crippen LogP contribution in [0.3, 0.4) is 0 Å². The fraction of sp³-hybridized carbons (Fsp3) is 0.111. The molecule has 0 aliphatic heterocycles. The van der Waals surface area contributed by atoms with Crippen molar-refractivity contribution in [1.29, 1.82) is 0 Å². The van der Waals surface area contributed by atoms with Gasteiger partial charge >= 0.3 is 5.03 Å². The number of nitrogens with one attached hydrogen (secondary N) is 1. The quantitative estimate of drug-likeness (QED) is 0.672. The maximum Gasteiger partial charge on any atom is 0.318 e. The van der Waals surface area contributed by atoms with Crippen LogP contribution in [0.4, 0.5) is 5.69 Å². The van der Waals surface area contributed by atoms with Crippen LogP contribution in [0.25, 0.3) is 0 Å². The van der Waals surface area contributed by atoms with Crippen molar-refractivity contribution in [3.8, 4) is 0 Å². The number of halogens is 2. The second-order valence-corrected chi connectivity index (χ2v) is 4.45. The predicted octanol–water partition coefficient (Wildman–Crippen LogP) is 3.84. The van der Waals surface area contributed by atoms with E-state index < -0.39 is 4.92 Å². The largest absolute Gasteiger partial charge is 0.355 e. The third-order valence-electron chi connectivity index (χ3n) is 1.61. The number of nitrogens with zero attached hydrogens (tertiary/aromatic N) is 1. The summed E-state index contributed by atoms with van der Waals surface area (Å²) in [4.78, 5) is 10.0. The Kier molecular flexibility index (Phi) is 4.92. The van der Waals surface area contributed by atoms with E-state index in [1.165, 1.54) is 6.20 Å². The summed E-state index contributed by atoms with van der Waals surface area (Å²) in [5.74, 6) is 0. The molecular formula is C9H8Cl2N2O2S. The van der Waals surface area contributed by atoms with Crippen molar-refractivity contribution < 1.29 is 4.92 Å². The Morgan fingerprint density at radius 3 is 2.44 bits per heavy atom. The fourth-order valence-electron chi connectivity index (χ4n) is 0.968. The van der Waals surface area contributed by atoms with Crippen molar-refractivity contribution >= 4 is 40.7 Å². The zero-order valence-corrected chi connectivity index (χ0v) is 10.6. The lowest BCUT2D eigenvalue weighted by Gasteiger charge is -2.02. The van der Waals surface area contributed by atoms with E-state index in [0.29, 0.717) is 15.7 Å². The molecule has 0 amide bonds. The lowest BCUT2D eigenvalue weighted by Crippen LogP contribution is -1.98. The summed E-state index contributed by atoms with van der Waals surface area (Å²) >= 11 is 12.6. The Morgan fingerprint density at radius 1 is 1.44 bits per heavy atom. The number of nitro groups is 1. The third kappa shape index (κ3) is 3.92. The van der Waals surface area contributed by atoms with Gasteiger partial charge in [-0.3, -0.25) is 10.1 Å². The van der Waals surface area contributed by atoms with Gasteiger partial charge in [-0.2, -0.15) is 0 Å². The molecular weight excluding hydrogens is 271 g/mol. The molecule has 0 spiro atoms. The van der Waals surface area contributed by atoms with Crippen molar-refractivity contribution in [2.75, 3.05) is 11.6 Å². The van der Waals surface area contributed by atoms with Crippen molar-refractivity contribution in [1.82, 2.24) is 0 Å². The van der Waals surface area contributed by atoms with Gasteiger partial charge in [0.1, 0.15) is 0 Å². The Labute approximate surface area is 107 Å². The Morgan fingerprint density at radius 2 is 2.00 bits per heavy atom. The third-order valence-corrected chi connectivity index (χ3v) is 2.74. The van der Waals surface area contributed by atoms with Crippen molar-refractivity contribution in [3.05, 3.63) is 49.6 Å². The average Bonchev–Trinajstić information content (AvgIpc) is 2.16. The normalized spacial score (nSPS) is 11.3. The highest BCUT2D eigenvalue weighted by molar-refractivity contribution is 8.02. The van der Waals surface area contributed by atoms with Crippen molar-refractivity contribution in [2.45, 2.75) is 0 Å². The van der Waals surface area contributed by atoms with Gasteiger partial charge in [0.2, 0.25) is 0 Å². The van der Waals surface area contributed by atoms with Gasteiger partial charge in [-0.25, -0.2) is 0 Å². The van der Waals surface area contributed by atoms with Crippen LogP contribution in [-0.4, -0.2) is 11.2 Å². The van der Waals surface area contributed by atoms with Gasteiger partial charge in [0.25, 0.3) is 0 Å². The predicted molar refractivity (Wildman–Crippen MR) is 68.7 cm³/mol. The van der Waals surface area contributed by atoms with E-state index in [1.807, 2.05) is 0 Å². The van der Waals surface area contributed by atoms with E-state index in [2.05, 4.69) is 5.32 Å². The first-order valence-corrected chi connectivity index (χ1v) is 6.12. The molecule has 0 atom stereocenters. The molecule has 0 saturated carbocycles. The molecule has 0 aromatic heterocycles. The Hall–Kier alpha value is -0.910. The Bertz CT molecular complexity index is 417. The second-order valence-electron chi connectivity index (χ2n) is 2.75. The molecule has 0 bridgehead atoms. The van der Waals surface area contributed by atoms with E-state index in [9.17, 15) is 10.1 Å². The van der Waals surface area contributed by atoms with Gasteiger partial charge in [-0.15, -0.1) is 0 Å². The fourth-order valence-corrected chi connectivity index (χ4v) is 1.82. The van der Waals surface area contributed by atoms with Gasteiger partial charge in [0.15, 0.2) is 0 Å². The lowest BCUT2D eigenvalue weighted by molar-refractivity contribution is -0.410. The van der Waals surface area contributed by atoms with Crippen molar-refractivity contribution in [2.24, 2.45) is 0 Å². The summed E-state index contributed by atoms with van der Waals surface area (Å²) in [5.41, 5.74) is 0.603. The van der Waals surface area contributed by atoms with Crippen LogP contribution < -0.4 is 5.32 Å². The molecule has 86 valence electrons. The topological polar surface area (TPSA) is 55.2 Å². The summed E-state index contributed by atoms with van der Waals surface area (Å²) in [7, 11) is 0. The summed E-state index contributed by atoms with van der Waals surface area (Å²) in [6.07, 6.45) is 2.92. The first-order chi connectivity index (χ1) is 7.52. The van der Waals surface area contributed by atoms with Crippen LogP contribution in [0.2, 0.25) is 10.0 Å². The highest BCUT2D eigenvalue weighted by atomic mass is 35.5. The SMILES string of the molecule is CSC(=CNc1cc(Cl)cc(Cl)c1)[N+](=O)[O-]. The van der Waals surface area contributed by atoms with E-state index in [4.69, 9.17) is 23.2 Å². The summed E-state index contributed by atoms with van der Waals surface area (Å²) < 4.78 is 0. The zero-order chi connectivity index (χ0) is 12.1. The molecule has 0 fully saturated rings. The minimum atomic E-state index is -0.468. The molecule has 0 saturated heterocycles. The van der Waals surface area contributed by atoms with E-state index >= 15 is 0 Å². The number of hydrogen-bond acceptors (Lipinski definition) is 4. The monoisotopic (exact) mass is 278 g/mol. The van der Waals surface area contributed by atoms with Crippen LogP contribution in [0, 0.1) is 10.1 Å². The van der Waals surface area contributed by atoms with Gasteiger partial charge in [0.05, 0.1) is 11.1 Å². The zero-order valence-electron chi connectivity index (χ0n) is 8.24. The minimum absolute atomic E-state index is 0.0103. The lowest BCUT2D eigenvalue weighted by atomic mass is 10.3. The first-order valence-electron chi connectivity index (χ1n) is 4.14. The van der Waals surface area contributed by atoms with Crippen LogP contribution in [-0.2, 0) is 0 Å². The van der Waals surface area contributed by atoms with Crippen LogP contribution in [0.5, 0.6) is 0 Å². The van der Waals surface area contributed by atoms with Gasteiger partial charge < -0.3 is 5.32 Å². The van der Waals surface area contributed by atoms with E-state index in [0.717, 1.165) is 11.8 Å². The highest BCUT2D eigenvalue weighted by Crippen LogP contribution is 2.23. The molecule has 4 nitrogen and oxygen atoms in total. The minimum Gasteiger partial charge on any atom is -0.355 e. The molecule has 0 aliphatic carbocycles. The molecule has 1 N–H and O–H groups in total. The van der Waals surface area contributed by atoms with Crippen molar-refractivity contribution in [3.63, 3.8) is 0 Å². The summed E-state index contributed by atoms with van der Waals surface area (Å²) in [5, 5.41) is 14.2. The molecule has 16 heavy (non-hydrogen) atoms. The molecule has 1 aromatic rings. The smallest absolute Gasteiger partial charge is 0.318 e. The molecule has 0 heterocycles. The molecule has 0 unspecified atom stereocenters. The maximum absolute atomic E-state index is 10.5. The van der Waals surface area contributed by atoms with E-state index in [1.54, 1.807) is 24.5 Å². The second kappa shape index (κ2) is 5.98. The molecule has 7 heteroatoms. The molecule has 1 aromatic carbocycles. The summed E-state index contributed by atoms with van der Waals surface area (Å²) in [6.45, 7) is 0.